The van der Waals surface area contributed by atoms with Crippen molar-refractivity contribution in [3.8, 4) is 11.5 Å². The number of carbonyl (C=O) groups excluding carboxylic acids is 6. The second-order valence-electron chi connectivity index (χ2n) is 13.3. The van der Waals surface area contributed by atoms with Gasteiger partial charge in [-0.15, -0.1) is 0 Å². The molecule has 0 aliphatic rings. The molecule has 0 unspecified atom stereocenters. The Hall–Kier alpha value is -6.00. The van der Waals surface area contributed by atoms with Crippen LogP contribution in [-0.2, 0) is 36.8 Å². The van der Waals surface area contributed by atoms with Crippen molar-refractivity contribution in [1.82, 2.24) is 19.8 Å². The van der Waals surface area contributed by atoms with Gasteiger partial charge < -0.3 is 25.6 Å². The van der Waals surface area contributed by atoms with Gasteiger partial charge in [0.2, 0.25) is 11.8 Å². The average Bonchev–Trinajstić information content (AvgIpc) is 3.64. The van der Waals surface area contributed by atoms with Crippen LogP contribution < -0.4 is 10.6 Å². The molecule has 2 heterocycles. The summed E-state index contributed by atoms with van der Waals surface area (Å²) in [5.74, 6) is -8.58. The molecular formula is C41H30Cl4F2N4O9. The second kappa shape index (κ2) is 17.7. The molecule has 0 radical (unpaired) electrons. The Balaban J connectivity index is 1.06. The number of ether oxygens (including phenoxy) is 1. The molecule has 0 saturated heterocycles. The van der Waals surface area contributed by atoms with Gasteiger partial charge in [0.1, 0.15) is 6.54 Å². The van der Waals surface area contributed by atoms with E-state index >= 15 is 8.78 Å². The average molecular weight is 903 g/mol. The van der Waals surface area contributed by atoms with E-state index in [1.165, 1.54) is 66.9 Å². The van der Waals surface area contributed by atoms with Crippen LogP contribution in [-0.4, -0.2) is 68.0 Å². The maximum atomic E-state index is 15.3. The fraction of sp³-hybridized carbons (Fsp3) is 0.171. The smallest absolute Gasteiger partial charge is 0.333 e. The zero-order chi connectivity index (χ0) is 43.7. The summed E-state index contributed by atoms with van der Waals surface area (Å²) in [5, 5.41) is 25.1. The van der Waals surface area contributed by atoms with Gasteiger partial charge in [-0.2, -0.15) is 0 Å². The van der Waals surface area contributed by atoms with Crippen LogP contribution in [0.2, 0.25) is 20.1 Å². The fourth-order valence-electron chi connectivity index (χ4n) is 6.66. The lowest BCUT2D eigenvalue weighted by molar-refractivity contribution is -0.159. The van der Waals surface area contributed by atoms with E-state index in [0.29, 0.717) is 0 Å². The van der Waals surface area contributed by atoms with Crippen molar-refractivity contribution in [1.29, 1.82) is 0 Å². The van der Waals surface area contributed by atoms with Crippen LogP contribution in [0, 0.1) is 25.5 Å². The number of phenolic OH excluding ortho intramolecular Hbond substituents is 2. The van der Waals surface area contributed by atoms with E-state index < -0.39 is 84.5 Å². The van der Waals surface area contributed by atoms with Crippen LogP contribution in [0.15, 0.2) is 60.7 Å². The minimum atomic E-state index is -1.16. The molecule has 0 bridgehead atoms. The van der Waals surface area contributed by atoms with Crippen molar-refractivity contribution < 1.29 is 52.5 Å². The van der Waals surface area contributed by atoms with Gasteiger partial charge in [-0.05, 0) is 85.6 Å². The first kappa shape index (κ1) is 43.6. The second-order valence-corrected chi connectivity index (χ2v) is 15.0. The third-order valence-electron chi connectivity index (χ3n) is 9.55. The number of benzene rings is 4. The van der Waals surface area contributed by atoms with Gasteiger partial charge in [0.15, 0.2) is 23.1 Å². The van der Waals surface area contributed by atoms with Crippen molar-refractivity contribution in [3.63, 3.8) is 0 Å². The number of nitrogens with zero attached hydrogens (tertiary/aromatic N) is 2. The molecular weight excluding hydrogens is 872 g/mol. The number of halogens is 6. The van der Waals surface area contributed by atoms with Crippen molar-refractivity contribution in [2.75, 3.05) is 13.1 Å². The predicted molar refractivity (Wildman–Crippen MR) is 218 cm³/mol. The van der Waals surface area contributed by atoms with Crippen molar-refractivity contribution >= 4 is 104 Å². The number of hydrogen-bond acceptors (Lipinski definition) is 9. The zero-order valence-corrected chi connectivity index (χ0v) is 34.2. The monoisotopic (exact) mass is 900 g/mol. The van der Waals surface area contributed by atoms with Crippen LogP contribution in [0.4, 0.5) is 8.78 Å². The summed E-state index contributed by atoms with van der Waals surface area (Å²) in [6, 6.07) is 13.1. The molecule has 0 fully saturated rings. The Morgan fingerprint density at radius 1 is 0.617 bits per heavy atom. The molecule has 0 spiro atoms. The first-order valence-electron chi connectivity index (χ1n) is 17.7. The quantitative estimate of drug-likeness (QED) is 0.0761. The summed E-state index contributed by atoms with van der Waals surface area (Å²) < 4.78 is 37.6. The standard InChI is InChI=1S/C41H30Cl4F2N4O9/c1-18-22(36-28(7-9-30(52)38(36)46)50(18)40(58)20-3-5-24(42)26(44)13-20)15-32(54)48-12-11-34(56)60-35(57)17-49-33(55)16-23-19(2)51(29-8-10-31(53)39(47)37(23)29)41(59)21-4-6-25(43)27(45)14-21/h3-10,13-14,52-53H,11-12,15-17H2,1-2H3,(H,48,54)(H,49,55). The van der Waals surface area contributed by atoms with Gasteiger partial charge >= 0.3 is 11.9 Å². The molecule has 19 heteroatoms. The molecule has 6 aromatic rings. The molecule has 0 aliphatic carbocycles. The zero-order valence-electron chi connectivity index (χ0n) is 31.2. The molecule has 4 aromatic carbocycles. The molecule has 310 valence electrons. The first-order chi connectivity index (χ1) is 28.4. The minimum Gasteiger partial charge on any atom is -0.505 e. The Morgan fingerprint density at radius 2 is 1.05 bits per heavy atom. The number of rotatable bonds is 11. The molecule has 4 N–H and O–H groups in total. The maximum Gasteiger partial charge on any atom is 0.333 e. The number of nitrogens with one attached hydrogen (secondary N) is 2. The Labute approximate surface area is 358 Å². The summed E-state index contributed by atoms with van der Waals surface area (Å²) in [6.45, 7) is 1.84. The van der Waals surface area contributed by atoms with E-state index in [0.717, 1.165) is 16.7 Å². The molecule has 13 nitrogen and oxygen atoms in total. The van der Waals surface area contributed by atoms with Crippen molar-refractivity contribution in [3.05, 3.63) is 126 Å². The van der Waals surface area contributed by atoms with E-state index in [1.807, 2.05) is 0 Å². The van der Waals surface area contributed by atoms with Crippen molar-refractivity contribution in [2.24, 2.45) is 0 Å². The highest BCUT2D eigenvalue weighted by atomic mass is 35.5. The minimum absolute atomic E-state index is 0.0295. The lowest BCUT2D eigenvalue weighted by atomic mass is 10.1. The van der Waals surface area contributed by atoms with Gasteiger partial charge in [-0.1, -0.05) is 46.4 Å². The molecule has 60 heavy (non-hydrogen) atoms. The highest BCUT2D eigenvalue weighted by molar-refractivity contribution is 6.42. The van der Waals surface area contributed by atoms with Gasteiger partial charge in [0, 0.05) is 39.8 Å². The molecule has 2 aromatic heterocycles. The Morgan fingerprint density at radius 3 is 1.48 bits per heavy atom. The third-order valence-corrected chi connectivity index (χ3v) is 11.0. The topological polar surface area (TPSA) is 186 Å². The van der Waals surface area contributed by atoms with Crippen molar-refractivity contribution in [2.45, 2.75) is 33.1 Å². The van der Waals surface area contributed by atoms with Crippen LogP contribution in [0.25, 0.3) is 21.8 Å². The fourth-order valence-corrected chi connectivity index (χ4v) is 7.25. The SMILES string of the molecule is Cc1c(CC(=O)NCCC(=O)OC(=O)CNC(=O)Cc2c(C)n(C(=O)c3ccc(Cl)c(Cl)c3)c3ccc(O)c(F)c23)c2c(F)c(O)ccc2n1C(=O)c1ccc(Cl)c(Cl)c1. The number of esters is 2. The van der Waals surface area contributed by atoms with E-state index in [4.69, 9.17) is 51.1 Å². The third kappa shape index (κ3) is 8.66. The predicted octanol–water partition coefficient (Wildman–Crippen LogP) is 7.37. The molecule has 0 saturated carbocycles. The Kier molecular flexibility index (Phi) is 12.8. The summed E-state index contributed by atoms with van der Waals surface area (Å²) in [4.78, 5) is 77.9. The number of phenols is 2. The van der Waals surface area contributed by atoms with E-state index in [2.05, 4.69) is 10.6 Å². The van der Waals surface area contributed by atoms with Gasteiger partial charge in [-0.25, -0.2) is 13.6 Å². The summed E-state index contributed by atoms with van der Waals surface area (Å²) in [7, 11) is 0. The van der Waals surface area contributed by atoms with Crippen LogP contribution in [0.3, 0.4) is 0 Å². The van der Waals surface area contributed by atoms with Gasteiger partial charge in [0.25, 0.3) is 11.8 Å². The normalized spacial score (nSPS) is 11.2. The Bertz CT molecular complexity index is 2820. The number of hydrogen-bond donors (Lipinski definition) is 4. The molecule has 0 aliphatic heterocycles. The number of aromatic hydroxyl groups is 2. The molecule has 2 amide bonds. The highest BCUT2D eigenvalue weighted by Gasteiger charge is 2.27. The van der Waals surface area contributed by atoms with E-state index in [1.54, 1.807) is 0 Å². The molecule has 0 atom stereocenters. The lowest BCUT2D eigenvalue weighted by Crippen LogP contribution is -2.33. The van der Waals surface area contributed by atoms with Crippen LogP contribution in [0.5, 0.6) is 11.5 Å². The number of aromatic nitrogens is 2. The highest BCUT2D eigenvalue weighted by Crippen LogP contribution is 2.36. The number of carbonyl (C=O) groups is 6. The maximum absolute atomic E-state index is 15.3. The molecule has 6 rings (SSSR count). The van der Waals surface area contributed by atoms with Crippen LogP contribution in [0.1, 0.15) is 49.7 Å². The van der Waals surface area contributed by atoms with E-state index in [-0.39, 0.29) is 82.1 Å². The summed E-state index contributed by atoms with van der Waals surface area (Å²) >= 11 is 24.2. The van der Waals surface area contributed by atoms with E-state index in [9.17, 15) is 39.0 Å². The van der Waals surface area contributed by atoms with Gasteiger partial charge in [-0.3, -0.25) is 33.1 Å². The number of amides is 2. The lowest BCUT2D eigenvalue weighted by Gasteiger charge is -2.09. The first-order valence-corrected chi connectivity index (χ1v) is 19.2. The summed E-state index contributed by atoms with van der Waals surface area (Å²) in [5.41, 5.74) is 0.784. The number of fused-ring (bicyclic) bond motifs is 2. The van der Waals surface area contributed by atoms with Gasteiger partial charge in [0.05, 0.1) is 50.4 Å². The summed E-state index contributed by atoms with van der Waals surface area (Å²) in [6.07, 6.45) is -1.52. The van der Waals surface area contributed by atoms with Crippen LogP contribution >= 0.6 is 46.4 Å². The largest absolute Gasteiger partial charge is 0.505 e.